The van der Waals surface area contributed by atoms with Crippen molar-refractivity contribution >= 4 is 11.6 Å². The summed E-state index contributed by atoms with van der Waals surface area (Å²) in [6.45, 7) is 2.74. The number of likely N-dealkylation sites (tertiary alicyclic amines) is 1. The molecule has 0 aromatic heterocycles. The Labute approximate surface area is 155 Å². The second-order valence-electron chi connectivity index (χ2n) is 7.13. The predicted octanol–water partition coefficient (Wildman–Crippen LogP) is 4.22. The number of oxime groups is 1. The first kappa shape index (κ1) is 18.2. The van der Waals surface area contributed by atoms with Gasteiger partial charge in [-0.3, -0.25) is 4.79 Å². The molecule has 1 heterocycles. The molecule has 0 aliphatic carbocycles. The fourth-order valence-electron chi connectivity index (χ4n) is 3.85. The Kier molecular flexibility index (Phi) is 5.71. The van der Waals surface area contributed by atoms with Gasteiger partial charge < -0.3 is 10.1 Å². The second-order valence-corrected chi connectivity index (χ2v) is 7.13. The van der Waals surface area contributed by atoms with Gasteiger partial charge in [0.2, 0.25) is 5.91 Å². The van der Waals surface area contributed by atoms with E-state index in [9.17, 15) is 10.0 Å². The third-order valence-corrected chi connectivity index (χ3v) is 5.41. The first-order valence-electron chi connectivity index (χ1n) is 9.15. The number of hydrogen-bond acceptors (Lipinski definition) is 3. The molecule has 1 amide bonds. The van der Waals surface area contributed by atoms with Gasteiger partial charge in [0.1, 0.15) is 0 Å². The maximum absolute atomic E-state index is 11.8. The molecule has 1 fully saturated rings. The molecule has 1 aliphatic heterocycles. The molecule has 26 heavy (non-hydrogen) atoms. The first-order chi connectivity index (χ1) is 12.6. The zero-order valence-corrected chi connectivity index (χ0v) is 15.4. The summed E-state index contributed by atoms with van der Waals surface area (Å²) in [5, 5.41) is 13.4. The second kappa shape index (κ2) is 8.17. The van der Waals surface area contributed by atoms with Crippen molar-refractivity contribution in [3.05, 3.63) is 71.3 Å². The summed E-state index contributed by atoms with van der Waals surface area (Å²) in [5.41, 5.74) is 4.47. The average Bonchev–Trinajstić information content (AvgIpc) is 2.67. The van der Waals surface area contributed by atoms with E-state index in [0.29, 0.717) is 19.4 Å². The molecule has 1 N–H and O–H groups in total. The van der Waals surface area contributed by atoms with E-state index in [4.69, 9.17) is 0 Å². The molecule has 1 aliphatic rings. The number of carbonyl (C=O) groups is 1. The van der Waals surface area contributed by atoms with Crippen LogP contribution >= 0.6 is 0 Å². The van der Waals surface area contributed by atoms with E-state index < -0.39 is 0 Å². The molecular formula is C22H26N2O2. The Balaban J connectivity index is 1.90. The van der Waals surface area contributed by atoms with Crippen LogP contribution in [0.25, 0.3) is 0 Å². The minimum atomic E-state index is 0.109. The molecular weight excluding hydrogens is 324 g/mol. The van der Waals surface area contributed by atoms with E-state index in [2.05, 4.69) is 42.4 Å². The van der Waals surface area contributed by atoms with Crippen molar-refractivity contribution < 1.29 is 10.0 Å². The molecule has 2 aromatic carbocycles. The SMILES string of the molecule is Cc1ccccc1[C@H](CC(=NO)C1CCC(=O)N(C)C1)c1ccccc1. The predicted molar refractivity (Wildman–Crippen MR) is 104 cm³/mol. The Morgan fingerprint density at radius 3 is 2.54 bits per heavy atom. The Morgan fingerprint density at radius 2 is 1.88 bits per heavy atom. The van der Waals surface area contributed by atoms with Crippen LogP contribution in [-0.2, 0) is 4.79 Å². The topological polar surface area (TPSA) is 52.9 Å². The minimum Gasteiger partial charge on any atom is -0.411 e. The molecule has 1 unspecified atom stereocenters. The summed E-state index contributed by atoms with van der Waals surface area (Å²) in [6, 6.07) is 18.7. The molecule has 2 aromatic rings. The van der Waals surface area contributed by atoms with Gasteiger partial charge in [0.05, 0.1) is 5.71 Å². The van der Waals surface area contributed by atoms with Crippen molar-refractivity contribution in [2.45, 2.75) is 32.1 Å². The number of benzene rings is 2. The van der Waals surface area contributed by atoms with Crippen molar-refractivity contribution in [1.29, 1.82) is 0 Å². The van der Waals surface area contributed by atoms with E-state index in [0.717, 1.165) is 12.1 Å². The van der Waals surface area contributed by atoms with Gasteiger partial charge in [0.15, 0.2) is 0 Å². The smallest absolute Gasteiger partial charge is 0.222 e. The number of aryl methyl sites for hydroxylation is 1. The number of piperidine rings is 1. The lowest BCUT2D eigenvalue weighted by Gasteiger charge is -2.31. The van der Waals surface area contributed by atoms with Gasteiger partial charge in [0, 0.05) is 38.3 Å². The van der Waals surface area contributed by atoms with Gasteiger partial charge in [-0.05, 0) is 30.0 Å². The average molecular weight is 350 g/mol. The number of nitrogens with zero attached hydrogens (tertiary/aromatic N) is 2. The zero-order valence-electron chi connectivity index (χ0n) is 15.4. The third kappa shape index (κ3) is 3.96. The summed E-state index contributed by atoms with van der Waals surface area (Å²) in [7, 11) is 1.82. The van der Waals surface area contributed by atoms with Crippen LogP contribution in [0, 0.1) is 12.8 Å². The van der Waals surface area contributed by atoms with Crippen LogP contribution in [0.2, 0.25) is 0 Å². The number of carbonyl (C=O) groups excluding carboxylic acids is 1. The number of rotatable bonds is 5. The van der Waals surface area contributed by atoms with Crippen LogP contribution in [0.4, 0.5) is 0 Å². The lowest BCUT2D eigenvalue weighted by atomic mass is 9.80. The summed E-state index contributed by atoms with van der Waals surface area (Å²) in [6.07, 6.45) is 1.91. The van der Waals surface area contributed by atoms with E-state index in [1.807, 2.05) is 31.3 Å². The Bertz CT molecular complexity index is 786. The maximum atomic E-state index is 11.8. The lowest BCUT2D eigenvalue weighted by Crippen LogP contribution is -2.40. The zero-order chi connectivity index (χ0) is 18.5. The van der Waals surface area contributed by atoms with Crippen LogP contribution in [0.3, 0.4) is 0 Å². The van der Waals surface area contributed by atoms with Crippen molar-refractivity contribution in [3.63, 3.8) is 0 Å². The van der Waals surface area contributed by atoms with Crippen LogP contribution in [0.5, 0.6) is 0 Å². The van der Waals surface area contributed by atoms with Crippen molar-refractivity contribution in [3.8, 4) is 0 Å². The fraction of sp³-hybridized carbons (Fsp3) is 0.364. The summed E-state index contributed by atoms with van der Waals surface area (Å²) >= 11 is 0. The van der Waals surface area contributed by atoms with E-state index in [1.165, 1.54) is 16.7 Å². The molecule has 3 rings (SSSR count). The molecule has 2 atom stereocenters. The van der Waals surface area contributed by atoms with Crippen molar-refractivity contribution in [2.75, 3.05) is 13.6 Å². The van der Waals surface area contributed by atoms with Gasteiger partial charge in [-0.15, -0.1) is 0 Å². The normalized spacial score (nSPS) is 19.5. The lowest BCUT2D eigenvalue weighted by molar-refractivity contribution is -0.132. The van der Waals surface area contributed by atoms with Crippen molar-refractivity contribution in [2.24, 2.45) is 11.1 Å². The number of hydrogen-bond donors (Lipinski definition) is 1. The van der Waals surface area contributed by atoms with E-state index in [1.54, 1.807) is 4.90 Å². The summed E-state index contributed by atoms with van der Waals surface area (Å²) in [5.74, 6) is 0.404. The van der Waals surface area contributed by atoms with E-state index >= 15 is 0 Å². The number of amides is 1. The molecule has 1 saturated heterocycles. The largest absolute Gasteiger partial charge is 0.411 e. The van der Waals surface area contributed by atoms with Gasteiger partial charge in [0.25, 0.3) is 0 Å². The summed E-state index contributed by atoms with van der Waals surface area (Å²) in [4.78, 5) is 13.5. The van der Waals surface area contributed by atoms with Gasteiger partial charge in [-0.25, -0.2) is 0 Å². The van der Waals surface area contributed by atoms with Crippen LogP contribution < -0.4 is 0 Å². The quantitative estimate of drug-likeness (QED) is 0.499. The molecule has 0 radical (unpaired) electrons. The highest BCUT2D eigenvalue weighted by molar-refractivity contribution is 5.90. The molecule has 136 valence electrons. The highest BCUT2D eigenvalue weighted by Crippen LogP contribution is 2.33. The minimum absolute atomic E-state index is 0.109. The van der Waals surface area contributed by atoms with Crippen LogP contribution in [-0.4, -0.2) is 35.3 Å². The third-order valence-electron chi connectivity index (χ3n) is 5.41. The molecule has 4 nitrogen and oxygen atoms in total. The summed E-state index contributed by atoms with van der Waals surface area (Å²) < 4.78 is 0. The van der Waals surface area contributed by atoms with Crippen LogP contribution in [0.15, 0.2) is 59.8 Å². The maximum Gasteiger partial charge on any atom is 0.222 e. The highest BCUT2D eigenvalue weighted by atomic mass is 16.4. The van der Waals surface area contributed by atoms with Gasteiger partial charge in [-0.1, -0.05) is 59.8 Å². The highest BCUT2D eigenvalue weighted by Gasteiger charge is 2.29. The van der Waals surface area contributed by atoms with Crippen LogP contribution in [0.1, 0.15) is 41.9 Å². The molecule has 4 heteroatoms. The van der Waals surface area contributed by atoms with E-state index in [-0.39, 0.29) is 17.7 Å². The monoisotopic (exact) mass is 350 g/mol. The van der Waals surface area contributed by atoms with Crippen molar-refractivity contribution in [1.82, 2.24) is 4.90 Å². The van der Waals surface area contributed by atoms with Gasteiger partial charge >= 0.3 is 0 Å². The Hall–Kier alpha value is -2.62. The molecule has 0 bridgehead atoms. The first-order valence-corrected chi connectivity index (χ1v) is 9.15. The fourth-order valence-corrected chi connectivity index (χ4v) is 3.85. The molecule has 0 spiro atoms. The Morgan fingerprint density at radius 1 is 1.19 bits per heavy atom. The van der Waals surface area contributed by atoms with Gasteiger partial charge in [-0.2, -0.15) is 0 Å². The standard InChI is InChI=1S/C22H26N2O2/c1-16-8-6-7-11-19(16)20(17-9-4-3-5-10-17)14-21(23-26)18-12-13-22(25)24(2)15-18/h3-11,18,20,26H,12-15H2,1-2H3/t18?,20-/m1/s1. The molecule has 0 saturated carbocycles.